The Morgan fingerprint density at radius 3 is 2.34 bits per heavy atom. The fraction of sp³-hybridized carbons (Fsp3) is 0.238. The molecule has 0 aliphatic carbocycles. The number of hydrogen-bond donors (Lipinski definition) is 1. The van der Waals surface area contributed by atoms with Crippen molar-refractivity contribution in [2.24, 2.45) is 5.10 Å². The summed E-state index contributed by atoms with van der Waals surface area (Å²) in [7, 11) is 4.64. The van der Waals surface area contributed by atoms with Gasteiger partial charge in [0.1, 0.15) is 5.75 Å². The lowest BCUT2D eigenvalue weighted by atomic mass is 10.2. The molecule has 2 aromatic carbocycles. The van der Waals surface area contributed by atoms with E-state index in [1.165, 1.54) is 34.9 Å². The van der Waals surface area contributed by atoms with E-state index in [1.54, 1.807) is 45.2 Å². The molecule has 0 fully saturated rings. The third kappa shape index (κ3) is 6.87. The molecular formula is C21H22N4O4S3. The Balaban J connectivity index is 1.48. The summed E-state index contributed by atoms with van der Waals surface area (Å²) in [5.41, 5.74) is 4.37. The molecule has 3 aromatic rings. The molecule has 0 saturated heterocycles. The maximum absolute atomic E-state index is 12.1. The van der Waals surface area contributed by atoms with Crippen LogP contribution >= 0.6 is 34.9 Å². The van der Waals surface area contributed by atoms with E-state index in [9.17, 15) is 4.79 Å². The third-order valence-corrected chi connectivity index (χ3v) is 7.31. The normalized spacial score (nSPS) is 10.8. The van der Waals surface area contributed by atoms with Crippen molar-refractivity contribution in [1.29, 1.82) is 0 Å². The Morgan fingerprint density at radius 2 is 1.66 bits per heavy atom. The molecule has 8 nitrogen and oxygen atoms in total. The molecule has 0 spiro atoms. The molecule has 0 saturated carbocycles. The number of nitrogens with one attached hydrogen (secondary N) is 1. The predicted octanol–water partition coefficient (Wildman–Crippen LogP) is 4.10. The van der Waals surface area contributed by atoms with Crippen molar-refractivity contribution in [3.63, 3.8) is 0 Å². The number of benzene rings is 2. The lowest BCUT2D eigenvalue weighted by Gasteiger charge is -2.11. The number of carbonyl (C=O) groups excluding carboxylic acids is 1. The number of aromatic nitrogens is 2. The van der Waals surface area contributed by atoms with Gasteiger partial charge in [-0.2, -0.15) is 5.10 Å². The molecular weight excluding hydrogens is 468 g/mol. The van der Waals surface area contributed by atoms with Crippen molar-refractivity contribution in [3.05, 3.63) is 53.6 Å². The van der Waals surface area contributed by atoms with E-state index in [2.05, 4.69) is 32.9 Å². The molecule has 1 N–H and O–H groups in total. The van der Waals surface area contributed by atoms with Crippen LogP contribution in [-0.2, 0) is 10.5 Å². The van der Waals surface area contributed by atoms with E-state index >= 15 is 0 Å². The van der Waals surface area contributed by atoms with E-state index in [1.807, 2.05) is 18.2 Å². The number of ether oxygens (including phenoxy) is 3. The van der Waals surface area contributed by atoms with Crippen LogP contribution in [0.3, 0.4) is 0 Å². The highest BCUT2D eigenvalue weighted by molar-refractivity contribution is 8.03. The van der Waals surface area contributed by atoms with Crippen LogP contribution in [-0.4, -0.2) is 49.4 Å². The Hall–Kier alpha value is -2.76. The molecule has 1 aromatic heterocycles. The number of thioether (sulfide) groups is 2. The molecule has 0 radical (unpaired) electrons. The molecule has 0 bridgehead atoms. The fourth-order valence-electron chi connectivity index (χ4n) is 2.52. The van der Waals surface area contributed by atoms with Crippen molar-refractivity contribution in [3.8, 4) is 17.2 Å². The second kappa shape index (κ2) is 12.3. The SMILES string of the molecule is COc1cc(OC)c(OC)cc1/C=N\NC(=O)CSc1nnc(SCc2ccccc2)s1. The van der Waals surface area contributed by atoms with Crippen molar-refractivity contribution in [2.75, 3.05) is 27.1 Å². The van der Waals surface area contributed by atoms with E-state index in [4.69, 9.17) is 14.2 Å². The minimum atomic E-state index is -0.251. The molecule has 1 heterocycles. The van der Waals surface area contributed by atoms with Crippen LogP contribution in [0.1, 0.15) is 11.1 Å². The standard InChI is InChI=1S/C21H22N4O4S3/c1-27-16-10-18(29-3)17(28-2)9-15(16)11-22-23-19(26)13-31-21-25-24-20(32-21)30-12-14-7-5-4-6-8-14/h4-11H,12-13H2,1-3H3,(H,23,26)/b22-11-. The van der Waals surface area contributed by atoms with Gasteiger partial charge in [0.05, 0.1) is 33.3 Å². The van der Waals surface area contributed by atoms with Gasteiger partial charge in [0.25, 0.3) is 5.91 Å². The van der Waals surface area contributed by atoms with Crippen LogP contribution in [0.15, 0.2) is 56.2 Å². The zero-order valence-electron chi connectivity index (χ0n) is 17.7. The summed E-state index contributed by atoms with van der Waals surface area (Å²) >= 11 is 4.42. The van der Waals surface area contributed by atoms with Gasteiger partial charge in [0, 0.05) is 17.4 Å². The van der Waals surface area contributed by atoms with Crippen molar-refractivity contribution >= 4 is 47.0 Å². The van der Waals surface area contributed by atoms with Crippen molar-refractivity contribution in [1.82, 2.24) is 15.6 Å². The van der Waals surface area contributed by atoms with Gasteiger partial charge in [-0.05, 0) is 11.6 Å². The zero-order chi connectivity index (χ0) is 22.8. The molecule has 168 valence electrons. The van der Waals surface area contributed by atoms with Gasteiger partial charge in [0.15, 0.2) is 20.2 Å². The fourth-order valence-corrected chi connectivity index (χ4v) is 5.29. The molecule has 1 amide bonds. The Morgan fingerprint density at radius 1 is 1.00 bits per heavy atom. The lowest BCUT2D eigenvalue weighted by Crippen LogP contribution is -2.19. The Bertz CT molecular complexity index is 1060. The quantitative estimate of drug-likeness (QED) is 0.244. The highest BCUT2D eigenvalue weighted by atomic mass is 32.2. The molecule has 0 aliphatic rings. The second-order valence-corrected chi connectivity index (χ2v) is 9.56. The first-order chi connectivity index (χ1) is 15.6. The number of hydrazone groups is 1. The molecule has 3 rings (SSSR count). The van der Waals surface area contributed by atoms with Crippen molar-refractivity contribution in [2.45, 2.75) is 14.4 Å². The first-order valence-electron chi connectivity index (χ1n) is 9.38. The molecule has 0 unspecified atom stereocenters. The van der Waals surface area contributed by atoms with Gasteiger partial charge in [-0.15, -0.1) is 10.2 Å². The van der Waals surface area contributed by atoms with Crippen LogP contribution in [0.5, 0.6) is 17.2 Å². The lowest BCUT2D eigenvalue weighted by molar-refractivity contribution is -0.118. The number of carbonyl (C=O) groups is 1. The summed E-state index contributed by atoms with van der Waals surface area (Å²) in [6.45, 7) is 0. The van der Waals surface area contributed by atoms with E-state index in [0.717, 1.165) is 14.4 Å². The first-order valence-corrected chi connectivity index (χ1v) is 12.2. The van der Waals surface area contributed by atoms with E-state index < -0.39 is 0 Å². The number of rotatable bonds is 11. The summed E-state index contributed by atoms with van der Waals surface area (Å²) in [5.74, 6) is 2.38. The van der Waals surface area contributed by atoms with E-state index in [-0.39, 0.29) is 11.7 Å². The highest BCUT2D eigenvalue weighted by Gasteiger charge is 2.11. The second-order valence-electron chi connectivity index (χ2n) is 6.14. The highest BCUT2D eigenvalue weighted by Crippen LogP contribution is 2.34. The number of hydrogen-bond acceptors (Lipinski definition) is 10. The zero-order valence-corrected chi connectivity index (χ0v) is 20.2. The largest absolute Gasteiger partial charge is 0.496 e. The molecule has 0 aliphatic heterocycles. The van der Waals surface area contributed by atoms with Crippen molar-refractivity contribution < 1.29 is 19.0 Å². The van der Waals surface area contributed by atoms with Crippen LogP contribution in [0, 0.1) is 0 Å². The summed E-state index contributed by atoms with van der Waals surface area (Å²) < 4.78 is 17.5. The maximum atomic E-state index is 12.1. The van der Waals surface area contributed by atoms with Gasteiger partial charge >= 0.3 is 0 Å². The van der Waals surface area contributed by atoms with Gasteiger partial charge < -0.3 is 14.2 Å². The van der Waals surface area contributed by atoms with Crippen LogP contribution in [0.25, 0.3) is 0 Å². The first kappa shape index (κ1) is 23.9. The summed E-state index contributed by atoms with van der Waals surface area (Å²) in [6.07, 6.45) is 1.49. The van der Waals surface area contributed by atoms with Crippen LogP contribution in [0.2, 0.25) is 0 Å². The average molecular weight is 491 g/mol. The smallest absolute Gasteiger partial charge is 0.250 e. The number of methoxy groups -OCH3 is 3. The number of amides is 1. The number of nitrogens with zero attached hydrogens (tertiary/aromatic N) is 3. The van der Waals surface area contributed by atoms with Crippen LogP contribution in [0.4, 0.5) is 0 Å². The average Bonchev–Trinajstić information content (AvgIpc) is 3.29. The minimum absolute atomic E-state index is 0.179. The van der Waals surface area contributed by atoms with Gasteiger partial charge in [-0.25, -0.2) is 5.43 Å². The molecule has 11 heteroatoms. The van der Waals surface area contributed by atoms with Crippen LogP contribution < -0.4 is 19.6 Å². The minimum Gasteiger partial charge on any atom is -0.496 e. The summed E-state index contributed by atoms with van der Waals surface area (Å²) in [4.78, 5) is 12.1. The molecule has 0 atom stereocenters. The van der Waals surface area contributed by atoms with Gasteiger partial charge in [-0.3, -0.25) is 4.79 Å². The predicted molar refractivity (Wildman–Crippen MR) is 128 cm³/mol. The van der Waals surface area contributed by atoms with Gasteiger partial charge in [-0.1, -0.05) is 65.2 Å². The maximum Gasteiger partial charge on any atom is 0.250 e. The summed E-state index contributed by atoms with van der Waals surface area (Å²) in [5, 5.41) is 12.3. The Kier molecular flexibility index (Phi) is 9.20. The summed E-state index contributed by atoms with van der Waals surface area (Å²) in [6, 6.07) is 13.6. The van der Waals surface area contributed by atoms with E-state index in [0.29, 0.717) is 22.8 Å². The third-order valence-electron chi connectivity index (χ3n) is 4.05. The Labute approximate surface area is 198 Å². The molecule has 32 heavy (non-hydrogen) atoms. The monoisotopic (exact) mass is 490 g/mol. The topological polar surface area (TPSA) is 94.9 Å². The van der Waals surface area contributed by atoms with Gasteiger partial charge in [0.2, 0.25) is 0 Å².